The first kappa shape index (κ1) is 9.38. The molecule has 5 heteroatoms. The van der Waals surface area contributed by atoms with E-state index in [1.54, 1.807) is 0 Å². The highest BCUT2D eigenvalue weighted by Gasteiger charge is 2.21. The predicted molar refractivity (Wildman–Crippen MR) is 49.7 cm³/mol. The summed E-state index contributed by atoms with van der Waals surface area (Å²) in [6, 6.07) is 0. The van der Waals surface area contributed by atoms with Gasteiger partial charge in [0, 0.05) is 0 Å². The van der Waals surface area contributed by atoms with Crippen molar-refractivity contribution < 1.29 is 9.32 Å². The lowest BCUT2D eigenvalue weighted by atomic mass is 9.99. The fourth-order valence-electron chi connectivity index (χ4n) is 1.20. The van der Waals surface area contributed by atoms with Gasteiger partial charge in [-0.15, -0.1) is 0 Å². The van der Waals surface area contributed by atoms with Crippen LogP contribution in [0.5, 0.6) is 0 Å². The average molecular weight is 193 g/mol. The molecule has 1 N–H and O–H groups in total. The zero-order chi connectivity index (χ0) is 8.10. The molecule has 3 nitrogen and oxygen atoms in total. The van der Waals surface area contributed by atoms with Crippen molar-refractivity contribution in [2.45, 2.75) is 12.8 Å². The molecule has 0 saturated carbocycles. The van der Waals surface area contributed by atoms with E-state index in [0.29, 0.717) is 0 Å². The number of carbonyl (C=O) groups is 1. The molecule has 0 aromatic rings. The predicted octanol–water partition coefficient (Wildman–Crippen LogP) is 0.913. The SMILES string of the molecule is O=C(OPP)C1CCNCC1. The molecule has 64 valence electrons. The third kappa shape index (κ3) is 3.02. The van der Waals surface area contributed by atoms with Gasteiger partial charge < -0.3 is 9.84 Å². The number of rotatable bonds is 2. The van der Waals surface area contributed by atoms with E-state index >= 15 is 0 Å². The van der Waals surface area contributed by atoms with Crippen LogP contribution in [0.3, 0.4) is 0 Å². The molecule has 2 unspecified atom stereocenters. The molecule has 0 bridgehead atoms. The van der Waals surface area contributed by atoms with Gasteiger partial charge in [0.2, 0.25) is 0 Å². The summed E-state index contributed by atoms with van der Waals surface area (Å²) in [6.45, 7) is 1.89. The first-order valence-electron chi connectivity index (χ1n) is 3.71. The standard InChI is InChI=1S/C6H13NO2P2/c8-6(9-11-10)5-1-3-7-4-2-5/h5,7,11H,1-4,10H2. The van der Waals surface area contributed by atoms with Gasteiger partial charge in [-0.25, -0.2) is 0 Å². The van der Waals surface area contributed by atoms with Crippen LogP contribution in [0.15, 0.2) is 0 Å². The van der Waals surface area contributed by atoms with Crippen molar-refractivity contribution in [3.63, 3.8) is 0 Å². The minimum Gasteiger partial charge on any atom is -0.444 e. The second kappa shape index (κ2) is 5.03. The summed E-state index contributed by atoms with van der Waals surface area (Å²) < 4.78 is 4.91. The van der Waals surface area contributed by atoms with E-state index in [1.807, 2.05) is 0 Å². The maximum atomic E-state index is 11.1. The molecule has 0 aromatic carbocycles. The summed E-state index contributed by atoms with van der Waals surface area (Å²) in [7, 11) is 2.62. The molecular weight excluding hydrogens is 180 g/mol. The fourth-order valence-corrected chi connectivity index (χ4v) is 1.83. The first-order chi connectivity index (χ1) is 5.34. The maximum absolute atomic E-state index is 11.1. The van der Waals surface area contributed by atoms with Gasteiger partial charge in [0.25, 0.3) is 0 Å². The topological polar surface area (TPSA) is 38.3 Å². The Morgan fingerprint density at radius 3 is 2.73 bits per heavy atom. The van der Waals surface area contributed by atoms with Crippen LogP contribution in [0.2, 0.25) is 0 Å². The second-order valence-corrected chi connectivity index (χ2v) is 3.71. The first-order valence-corrected chi connectivity index (χ1v) is 6.43. The highest BCUT2D eigenvalue weighted by molar-refractivity contribution is 8.00. The van der Waals surface area contributed by atoms with Crippen LogP contribution in [-0.4, -0.2) is 19.1 Å². The third-order valence-electron chi connectivity index (χ3n) is 1.83. The van der Waals surface area contributed by atoms with Crippen molar-refractivity contribution >= 4 is 23.4 Å². The molecule has 0 spiro atoms. The lowest BCUT2D eigenvalue weighted by molar-refractivity contribution is -0.138. The van der Waals surface area contributed by atoms with Crippen molar-refractivity contribution in [3.05, 3.63) is 0 Å². The van der Waals surface area contributed by atoms with Crippen molar-refractivity contribution in [1.29, 1.82) is 0 Å². The Morgan fingerprint density at radius 2 is 2.18 bits per heavy atom. The van der Waals surface area contributed by atoms with Gasteiger partial charge in [0.1, 0.15) is 0 Å². The highest BCUT2D eigenvalue weighted by atomic mass is 32.0. The van der Waals surface area contributed by atoms with Gasteiger partial charge in [-0.3, -0.25) is 4.79 Å². The fraction of sp³-hybridized carbons (Fsp3) is 0.833. The van der Waals surface area contributed by atoms with Crippen molar-refractivity contribution in [1.82, 2.24) is 5.32 Å². The number of hydrogen-bond acceptors (Lipinski definition) is 3. The van der Waals surface area contributed by atoms with Gasteiger partial charge in [-0.1, -0.05) is 8.93 Å². The molecule has 1 heterocycles. The third-order valence-corrected chi connectivity index (χ3v) is 2.50. The molecule has 11 heavy (non-hydrogen) atoms. The molecule has 0 aromatic heterocycles. The van der Waals surface area contributed by atoms with Crippen LogP contribution in [-0.2, 0) is 9.32 Å². The summed E-state index contributed by atoms with van der Waals surface area (Å²) in [4.78, 5) is 11.1. The van der Waals surface area contributed by atoms with Crippen molar-refractivity contribution in [3.8, 4) is 0 Å². The normalized spacial score (nSPS) is 20.8. The molecule has 0 amide bonds. The Balaban J connectivity index is 2.27. The van der Waals surface area contributed by atoms with Crippen LogP contribution in [0, 0.1) is 5.92 Å². The summed E-state index contributed by atoms with van der Waals surface area (Å²) in [5.74, 6) is 0.115. The molecule has 1 aliphatic heterocycles. The van der Waals surface area contributed by atoms with Crippen LogP contribution < -0.4 is 5.32 Å². The highest BCUT2D eigenvalue weighted by Crippen LogP contribution is 2.25. The number of carbonyl (C=O) groups excluding carboxylic acids is 1. The van der Waals surface area contributed by atoms with Gasteiger partial charge in [-0.05, 0) is 25.9 Å². The maximum Gasteiger partial charge on any atom is 0.311 e. The van der Waals surface area contributed by atoms with Crippen LogP contribution >= 0.6 is 17.4 Å². The van der Waals surface area contributed by atoms with E-state index in [0.717, 1.165) is 25.9 Å². The number of hydrogen-bond donors (Lipinski definition) is 1. The molecular formula is C6H13NO2P2. The monoisotopic (exact) mass is 193 g/mol. The molecule has 1 saturated heterocycles. The van der Waals surface area contributed by atoms with E-state index < -0.39 is 0 Å². The smallest absolute Gasteiger partial charge is 0.311 e. The quantitative estimate of drug-likeness (QED) is 0.662. The van der Waals surface area contributed by atoms with Crippen LogP contribution in [0.25, 0.3) is 0 Å². The second-order valence-electron chi connectivity index (χ2n) is 2.56. The summed E-state index contributed by atoms with van der Waals surface area (Å²) in [5, 5.41) is 3.20. The minimum atomic E-state index is -0.0279. The van der Waals surface area contributed by atoms with E-state index in [4.69, 9.17) is 4.52 Å². The Morgan fingerprint density at radius 1 is 1.55 bits per heavy atom. The molecule has 1 rings (SSSR count). The van der Waals surface area contributed by atoms with Gasteiger partial charge in [0.05, 0.1) is 14.4 Å². The van der Waals surface area contributed by atoms with E-state index in [9.17, 15) is 4.79 Å². The van der Waals surface area contributed by atoms with Gasteiger partial charge >= 0.3 is 5.97 Å². The van der Waals surface area contributed by atoms with Crippen LogP contribution in [0.1, 0.15) is 12.8 Å². The molecule has 0 radical (unpaired) electrons. The number of nitrogens with one attached hydrogen (secondary N) is 1. The average Bonchev–Trinajstić information content (AvgIpc) is 2.07. The lowest BCUT2D eigenvalue weighted by Gasteiger charge is -2.20. The molecule has 1 aliphatic rings. The van der Waals surface area contributed by atoms with Gasteiger partial charge in [0.15, 0.2) is 0 Å². The van der Waals surface area contributed by atoms with E-state index in [-0.39, 0.29) is 20.4 Å². The van der Waals surface area contributed by atoms with E-state index in [1.165, 1.54) is 0 Å². The molecule has 2 atom stereocenters. The molecule has 0 aliphatic carbocycles. The summed E-state index contributed by atoms with van der Waals surface area (Å²) >= 11 is 0. The lowest BCUT2D eigenvalue weighted by Crippen LogP contribution is -2.31. The minimum absolute atomic E-state index is 0.0279. The van der Waals surface area contributed by atoms with Crippen LogP contribution in [0.4, 0.5) is 0 Å². The Hall–Kier alpha value is 0.290. The Labute approximate surface area is 70.6 Å². The van der Waals surface area contributed by atoms with E-state index in [2.05, 4.69) is 14.2 Å². The Bertz CT molecular complexity index is 137. The van der Waals surface area contributed by atoms with Crippen molar-refractivity contribution in [2.24, 2.45) is 5.92 Å². The summed E-state index contributed by atoms with van der Waals surface area (Å²) in [6.07, 6.45) is 1.85. The summed E-state index contributed by atoms with van der Waals surface area (Å²) in [5.41, 5.74) is 0. The van der Waals surface area contributed by atoms with Gasteiger partial charge in [-0.2, -0.15) is 0 Å². The zero-order valence-corrected chi connectivity index (χ0v) is 8.45. The largest absolute Gasteiger partial charge is 0.444 e. The Kier molecular flexibility index (Phi) is 4.29. The van der Waals surface area contributed by atoms with Crippen molar-refractivity contribution in [2.75, 3.05) is 13.1 Å². The number of piperidine rings is 1. The zero-order valence-electron chi connectivity index (χ0n) is 6.30. The molecule has 1 fully saturated rings.